The first-order valence-electron chi connectivity index (χ1n) is 4.91. The van der Waals surface area contributed by atoms with Crippen molar-refractivity contribution >= 4 is 0 Å². The van der Waals surface area contributed by atoms with E-state index < -0.39 is 19.0 Å². The van der Waals surface area contributed by atoms with Crippen LogP contribution >= 0.6 is 0 Å². The molecule has 0 amide bonds. The lowest BCUT2D eigenvalue weighted by atomic mass is 10.1. The molecule has 0 heterocycles. The number of hydrogen-bond acceptors (Lipinski definition) is 2. The van der Waals surface area contributed by atoms with Crippen LogP contribution in [0.2, 0.25) is 0 Å². The molecule has 0 saturated heterocycles. The van der Waals surface area contributed by atoms with Crippen molar-refractivity contribution in [2.24, 2.45) is 5.73 Å². The first-order valence-corrected chi connectivity index (χ1v) is 3.41. The highest BCUT2D eigenvalue weighted by atomic mass is 16.3. The van der Waals surface area contributed by atoms with Crippen LogP contribution in [0.4, 0.5) is 0 Å². The Hall–Kier alpha value is -0.860. The zero-order valence-electron chi connectivity index (χ0n) is 9.07. The molecule has 0 aliphatic carbocycles. The van der Waals surface area contributed by atoms with Gasteiger partial charge in [-0.1, -0.05) is 30.3 Å². The fourth-order valence-corrected chi connectivity index (χ4v) is 0.858. The summed E-state index contributed by atoms with van der Waals surface area (Å²) >= 11 is 0. The Balaban J connectivity index is 2.81. The van der Waals surface area contributed by atoms with Crippen molar-refractivity contribution in [1.29, 1.82) is 0 Å². The summed E-state index contributed by atoms with van der Waals surface area (Å²) in [5, 5.41) is 9.64. The molecule has 1 rings (SSSR count). The molecule has 0 fully saturated rings. The molecule has 3 N–H and O–H groups in total. The van der Waals surface area contributed by atoms with Gasteiger partial charge in [0, 0.05) is 10.2 Å². The fraction of sp³-hybridized carbons (Fsp3) is 0.333. The lowest BCUT2D eigenvalue weighted by molar-refractivity contribution is 0.153. The molecule has 0 aliphatic heterocycles. The first-order chi connectivity index (χ1) is 6.43. The predicted molar refractivity (Wildman–Crippen MR) is 45.1 cm³/mol. The predicted octanol–water partition coefficient (Wildman–Crippen LogP) is 1.07. The van der Waals surface area contributed by atoms with Gasteiger partial charge in [-0.15, -0.1) is 0 Å². The molecule has 60 valence electrons. The van der Waals surface area contributed by atoms with E-state index in [4.69, 9.17) is 9.85 Å². The van der Waals surface area contributed by atoms with Crippen molar-refractivity contribution in [1.82, 2.24) is 0 Å². The van der Waals surface area contributed by atoms with Crippen LogP contribution in [0.1, 0.15) is 22.6 Å². The van der Waals surface area contributed by atoms with Crippen LogP contribution in [-0.2, 0) is 0 Å². The van der Waals surface area contributed by atoms with E-state index in [0.29, 0.717) is 5.56 Å². The second-order valence-electron chi connectivity index (χ2n) is 2.38. The molecule has 1 aromatic carbocycles. The zero-order chi connectivity index (χ0) is 10.8. The highest BCUT2D eigenvalue weighted by Crippen LogP contribution is 2.13. The van der Waals surface area contributed by atoms with Gasteiger partial charge in [-0.25, -0.2) is 0 Å². The van der Waals surface area contributed by atoms with Gasteiger partial charge >= 0.3 is 0 Å². The minimum atomic E-state index is -2.34. The van der Waals surface area contributed by atoms with Crippen LogP contribution in [0.15, 0.2) is 30.3 Å². The SMILES string of the molecule is [2H][13C]([2H])([2H])[C@@H](N)[C@@H](O)c1ccccc1. The Labute approximate surface area is 70.9 Å². The van der Waals surface area contributed by atoms with Crippen molar-refractivity contribution in [3.05, 3.63) is 35.9 Å². The maximum absolute atomic E-state index is 9.64. The molecule has 2 nitrogen and oxygen atoms in total. The van der Waals surface area contributed by atoms with E-state index in [0.717, 1.165) is 0 Å². The van der Waals surface area contributed by atoms with Gasteiger partial charge in [0.25, 0.3) is 0 Å². The van der Waals surface area contributed by atoms with Crippen molar-refractivity contribution in [2.45, 2.75) is 19.0 Å². The quantitative estimate of drug-likeness (QED) is 0.627. The molecule has 2 heteroatoms. The minimum Gasteiger partial charge on any atom is -0.387 e. The maximum Gasteiger partial charge on any atom is 0.0938 e. The summed E-state index contributed by atoms with van der Waals surface area (Å²) in [5.74, 6) is 0. The van der Waals surface area contributed by atoms with Crippen LogP contribution in [0.25, 0.3) is 0 Å². The van der Waals surface area contributed by atoms with E-state index in [1.807, 2.05) is 0 Å². The van der Waals surface area contributed by atoms with E-state index >= 15 is 0 Å². The second kappa shape index (κ2) is 3.51. The summed E-state index contributed by atoms with van der Waals surface area (Å²) < 4.78 is 21.2. The first kappa shape index (κ1) is 4.91. The number of aliphatic hydroxyl groups excluding tert-OH is 1. The van der Waals surface area contributed by atoms with E-state index in [2.05, 4.69) is 0 Å². The Morgan fingerprint density at radius 3 is 2.64 bits per heavy atom. The topological polar surface area (TPSA) is 46.2 Å². The van der Waals surface area contributed by atoms with Crippen LogP contribution in [0.3, 0.4) is 0 Å². The van der Waals surface area contributed by atoms with E-state index in [9.17, 15) is 5.11 Å². The monoisotopic (exact) mass is 155 g/mol. The third-order valence-electron chi connectivity index (χ3n) is 1.48. The molecule has 2 atom stereocenters. The normalized spacial score (nSPS) is 21.1. The summed E-state index contributed by atoms with van der Waals surface area (Å²) in [7, 11) is 0. The lowest BCUT2D eigenvalue weighted by Gasteiger charge is -2.13. The number of aliphatic hydroxyl groups is 1. The Bertz CT molecular complexity index is 286. The molecule has 0 radical (unpaired) electrons. The zero-order valence-corrected chi connectivity index (χ0v) is 6.07. The van der Waals surface area contributed by atoms with Crippen LogP contribution in [-0.4, -0.2) is 11.1 Å². The molecular weight excluding hydrogens is 139 g/mol. The third kappa shape index (κ3) is 2.03. The molecule has 0 unspecified atom stereocenters. The standard InChI is InChI=1S/C9H13NO/c1-7(10)9(11)8-5-3-2-4-6-8/h2-7,9,11H,10H2,1H3/t7-,9-/m1/s1/i1+1D3. The molecule has 1 aromatic rings. The fourth-order valence-electron chi connectivity index (χ4n) is 0.858. The smallest absolute Gasteiger partial charge is 0.0938 e. The van der Waals surface area contributed by atoms with Gasteiger partial charge in [-0.2, -0.15) is 0 Å². The number of benzene rings is 1. The van der Waals surface area contributed by atoms with Gasteiger partial charge in [0.15, 0.2) is 0 Å². The molecular formula is C9H13NO. The Kier molecular flexibility index (Phi) is 1.56. The van der Waals surface area contributed by atoms with Crippen LogP contribution in [0.5, 0.6) is 0 Å². The maximum atomic E-state index is 9.64. The Morgan fingerprint density at radius 2 is 2.09 bits per heavy atom. The molecule has 0 saturated carbocycles. The van der Waals surface area contributed by atoms with Crippen LogP contribution < -0.4 is 5.73 Å². The largest absolute Gasteiger partial charge is 0.387 e. The van der Waals surface area contributed by atoms with Gasteiger partial charge in [-0.05, 0) is 12.4 Å². The molecule has 0 spiro atoms. The van der Waals surface area contributed by atoms with Crippen molar-refractivity contribution in [2.75, 3.05) is 0 Å². The highest BCUT2D eigenvalue weighted by Gasteiger charge is 2.10. The van der Waals surface area contributed by atoms with E-state index in [-0.39, 0.29) is 0 Å². The van der Waals surface area contributed by atoms with Gasteiger partial charge < -0.3 is 10.8 Å². The van der Waals surface area contributed by atoms with Gasteiger partial charge in [0.1, 0.15) is 0 Å². The van der Waals surface area contributed by atoms with Crippen LogP contribution in [0, 0.1) is 0 Å². The summed E-state index contributed by atoms with van der Waals surface area (Å²) in [6, 6.07) is 7.30. The summed E-state index contributed by atoms with van der Waals surface area (Å²) in [5.41, 5.74) is 5.94. The number of hydrogen-bond donors (Lipinski definition) is 2. The molecule has 11 heavy (non-hydrogen) atoms. The van der Waals surface area contributed by atoms with Crippen molar-refractivity contribution in [3.63, 3.8) is 0 Å². The van der Waals surface area contributed by atoms with Gasteiger partial charge in [0.2, 0.25) is 0 Å². The average molecular weight is 155 g/mol. The van der Waals surface area contributed by atoms with Crippen molar-refractivity contribution in [3.8, 4) is 0 Å². The van der Waals surface area contributed by atoms with E-state index in [1.54, 1.807) is 30.3 Å². The molecule has 0 aliphatic rings. The highest BCUT2D eigenvalue weighted by molar-refractivity contribution is 5.18. The minimum absolute atomic E-state index is 0.524. The summed E-state index contributed by atoms with van der Waals surface area (Å²) in [6.45, 7) is -2.34. The Morgan fingerprint density at radius 1 is 1.45 bits per heavy atom. The van der Waals surface area contributed by atoms with Gasteiger partial charge in [-0.3, -0.25) is 0 Å². The summed E-state index contributed by atoms with van der Waals surface area (Å²) in [6.07, 6.45) is -1.15. The average Bonchev–Trinajstić information content (AvgIpc) is 2.15. The van der Waals surface area contributed by atoms with E-state index in [1.165, 1.54) is 0 Å². The summed E-state index contributed by atoms with van der Waals surface area (Å²) in [4.78, 5) is 0. The second-order valence-corrected chi connectivity index (χ2v) is 2.38. The lowest BCUT2D eigenvalue weighted by Crippen LogP contribution is -2.24. The molecule has 0 aromatic heterocycles. The van der Waals surface area contributed by atoms with Crippen molar-refractivity contribution < 1.29 is 9.22 Å². The number of nitrogens with two attached hydrogens (primary N) is 1. The third-order valence-corrected chi connectivity index (χ3v) is 1.48. The molecule has 0 bridgehead atoms. The van der Waals surface area contributed by atoms with Gasteiger partial charge in [0.05, 0.1) is 6.10 Å². The number of rotatable bonds is 2.